The number of hydrogen-bond acceptors (Lipinski definition) is 2. The summed E-state index contributed by atoms with van der Waals surface area (Å²) in [5.74, 6) is -1.05. The molecule has 4 nitrogen and oxygen atoms in total. The van der Waals surface area contributed by atoms with Gasteiger partial charge in [-0.3, -0.25) is 9.59 Å². The Morgan fingerprint density at radius 2 is 1.79 bits per heavy atom. The molecule has 0 aromatic heterocycles. The summed E-state index contributed by atoms with van der Waals surface area (Å²) < 4.78 is 0. The number of nitrogens with zero attached hydrogens (tertiary/aromatic N) is 1. The van der Waals surface area contributed by atoms with E-state index in [9.17, 15) is 9.59 Å². The summed E-state index contributed by atoms with van der Waals surface area (Å²) in [6.45, 7) is -0.243. The molecule has 0 saturated heterocycles. The lowest BCUT2D eigenvalue weighted by Gasteiger charge is -2.32. The molecule has 0 bridgehead atoms. The molecule has 1 aromatic rings. The predicted octanol–water partition coefficient (Wildman–Crippen LogP) is 2.04. The fourth-order valence-electron chi connectivity index (χ4n) is 3.00. The van der Waals surface area contributed by atoms with Gasteiger partial charge in [-0.05, 0) is 18.4 Å². The molecule has 1 fully saturated rings. The lowest BCUT2D eigenvalue weighted by atomic mass is 9.77. The highest BCUT2D eigenvalue weighted by molar-refractivity contribution is 5.90. The van der Waals surface area contributed by atoms with E-state index in [2.05, 4.69) is 0 Å². The van der Waals surface area contributed by atoms with E-state index in [0.717, 1.165) is 31.2 Å². The van der Waals surface area contributed by atoms with Crippen LogP contribution in [0.25, 0.3) is 0 Å². The standard InChI is InChI=1S/C15H19NO3/c1-16(11-13(17)18)14(19)15(9-5-6-10-15)12-7-3-2-4-8-12/h2-4,7-8H,5-6,9-11H2,1H3,(H,17,18). The molecule has 0 spiro atoms. The van der Waals surface area contributed by atoms with Gasteiger partial charge in [0, 0.05) is 7.05 Å². The van der Waals surface area contributed by atoms with E-state index in [4.69, 9.17) is 5.11 Å². The highest BCUT2D eigenvalue weighted by atomic mass is 16.4. The summed E-state index contributed by atoms with van der Waals surface area (Å²) in [5, 5.41) is 8.84. The van der Waals surface area contributed by atoms with E-state index in [0.29, 0.717) is 0 Å². The van der Waals surface area contributed by atoms with Gasteiger partial charge in [0.1, 0.15) is 6.54 Å². The van der Waals surface area contributed by atoms with Crippen LogP contribution in [0.2, 0.25) is 0 Å². The number of aliphatic carboxylic acids is 1. The van der Waals surface area contributed by atoms with Crippen molar-refractivity contribution in [3.05, 3.63) is 35.9 Å². The summed E-state index contributed by atoms with van der Waals surface area (Å²) in [6, 6.07) is 9.73. The minimum atomic E-state index is -0.975. The highest BCUT2D eigenvalue weighted by Crippen LogP contribution is 2.42. The Kier molecular flexibility index (Phi) is 3.88. The Labute approximate surface area is 113 Å². The summed E-state index contributed by atoms with van der Waals surface area (Å²) in [7, 11) is 1.57. The van der Waals surface area contributed by atoms with Gasteiger partial charge in [0.25, 0.3) is 0 Å². The molecular formula is C15H19NO3. The first-order valence-corrected chi connectivity index (χ1v) is 6.59. The van der Waals surface area contributed by atoms with Crippen molar-refractivity contribution in [2.45, 2.75) is 31.1 Å². The minimum Gasteiger partial charge on any atom is -0.480 e. The molecule has 4 heteroatoms. The number of carboxylic acid groups (broad SMARTS) is 1. The van der Waals surface area contributed by atoms with Crippen LogP contribution in [-0.2, 0) is 15.0 Å². The van der Waals surface area contributed by atoms with Crippen molar-refractivity contribution >= 4 is 11.9 Å². The average Bonchev–Trinajstić information content (AvgIpc) is 2.88. The van der Waals surface area contributed by atoms with Crippen LogP contribution < -0.4 is 0 Å². The van der Waals surface area contributed by atoms with Crippen molar-refractivity contribution in [1.82, 2.24) is 4.90 Å². The van der Waals surface area contributed by atoms with Crippen molar-refractivity contribution in [2.75, 3.05) is 13.6 Å². The Hall–Kier alpha value is -1.84. The Morgan fingerprint density at radius 3 is 2.32 bits per heavy atom. The van der Waals surface area contributed by atoms with Crippen molar-refractivity contribution in [3.8, 4) is 0 Å². The molecule has 0 atom stereocenters. The van der Waals surface area contributed by atoms with E-state index >= 15 is 0 Å². The molecule has 1 saturated carbocycles. The van der Waals surface area contributed by atoms with E-state index in [1.165, 1.54) is 4.90 Å². The van der Waals surface area contributed by atoms with Crippen LogP contribution in [0.3, 0.4) is 0 Å². The van der Waals surface area contributed by atoms with E-state index in [-0.39, 0.29) is 12.5 Å². The monoisotopic (exact) mass is 261 g/mol. The third-order valence-corrected chi connectivity index (χ3v) is 3.91. The van der Waals surface area contributed by atoms with Crippen LogP contribution in [0.4, 0.5) is 0 Å². The largest absolute Gasteiger partial charge is 0.480 e. The third kappa shape index (κ3) is 2.62. The summed E-state index contributed by atoms with van der Waals surface area (Å²) in [4.78, 5) is 24.8. The van der Waals surface area contributed by atoms with Crippen molar-refractivity contribution in [2.24, 2.45) is 0 Å². The van der Waals surface area contributed by atoms with Gasteiger partial charge in [0.2, 0.25) is 5.91 Å². The fourth-order valence-corrected chi connectivity index (χ4v) is 3.00. The predicted molar refractivity (Wildman–Crippen MR) is 71.9 cm³/mol. The summed E-state index contributed by atoms with van der Waals surface area (Å²) >= 11 is 0. The number of likely N-dealkylation sites (N-methyl/N-ethyl adjacent to an activating group) is 1. The molecular weight excluding hydrogens is 242 g/mol. The van der Waals surface area contributed by atoms with Crippen LogP contribution in [0.15, 0.2) is 30.3 Å². The van der Waals surface area contributed by atoms with Gasteiger partial charge in [-0.25, -0.2) is 0 Å². The minimum absolute atomic E-state index is 0.0707. The van der Waals surface area contributed by atoms with Gasteiger partial charge < -0.3 is 10.0 Å². The summed E-state index contributed by atoms with van der Waals surface area (Å²) in [6.07, 6.45) is 3.64. The molecule has 1 aromatic carbocycles. The number of carbonyl (C=O) groups excluding carboxylic acids is 1. The smallest absolute Gasteiger partial charge is 0.323 e. The maximum absolute atomic E-state index is 12.7. The zero-order chi connectivity index (χ0) is 13.9. The zero-order valence-electron chi connectivity index (χ0n) is 11.1. The zero-order valence-corrected chi connectivity index (χ0v) is 11.1. The fraction of sp³-hybridized carbons (Fsp3) is 0.467. The Balaban J connectivity index is 2.30. The molecule has 2 rings (SSSR count). The molecule has 1 aliphatic carbocycles. The number of carboxylic acids is 1. The quantitative estimate of drug-likeness (QED) is 0.902. The van der Waals surface area contributed by atoms with E-state index in [1.807, 2.05) is 30.3 Å². The van der Waals surface area contributed by atoms with Crippen LogP contribution in [0.5, 0.6) is 0 Å². The molecule has 1 aliphatic rings. The first kappa shape index (κ1) is 13.6. The molecule has 1 amide bonds. The lowest BCUT2D eigenvalue weighted by Crippen LogP contribution is -2.45. The number of rotatable bonds is 4. The van der Waals surface area contributed by atoms with Gasteiger partial charge in [0.05, 0.1) is 5.41 Å². The molecule has 0 radical (unpaired) electrons. The number of carbonyl (C=O) groups is 2. The number of hydrogen-bond donors (Lipinski definition) is 1. The highest BCUT2D eigenvalue weighted by Gasteiger charge is 2.44. The average molecular weight is 261 g/mol. The van der Waals surface area contributed by atoms with Gasteiger partial charge in [-0.15, -0.1) is 0 Å². The normalized spacial score (nSPS) is 17.1. The SMILES string of the molecule is CN(CC(=O)O)C(=O)C1(c2ccccc2)CCCC1. The molecule has 102 valence electrons. The molecule has 1 N–H and O–H groups in total. The third-order valence-electron chi connectivity index (χ3n) is 3.91. The Morgan fingerprint density at radius 1 is 1.21 bits per heavy atom. The van der Waals surface area contributed by atoms with E-state index in [1.54, 1.807) is 7.05 Å². The van der Waals surface area contributed by atoms with Crippen LogP contribution >= 0.6 is 0 Å². The topological polar surface area (TPSA) is 57.6 Å². The molecule has 0 aliphatic heterocycles. The van der Waals surface area contributed by atoms with Crippen molar-refractivity contribution in [1.29, 1.82) is 0 Å². The van der Waals surface area contributed by atoms with Gasteiger partial charge in [0.15, 0.2) is 0 Å². The maximum Gasteiger partial charge on any atom is 0.323 e. The summed E-state index contributed by atoms with van der Waals surface area (Å²) in [5.41, 5.74) is 0.487. The first-order chi connectivity index (χ1) is 9.06. The maximum atomic E-state index is 12.7. The Bertz CT molecular complexity index is 464. The lowest BCUT2D eigenvalue weighted by molar-refractivity contribution is -0.146. The van der Waals surface area contributed by atoms with E-state index < -0.39 is 11.4 Å². The van der Waals surface area contributed by atoms with Crippen molar-refractivity contribution < 1.29 is 14.7 Å². The molecule has 19 heavy (non-hydrogen) atoms. The molecule has 0 heterocycles. The first-order valence-electron chi connectivity index (χ1n) is 6.59. The van der Waals surface area contributed by atoms with Crippen molar-refractivity contribution in [3.63, 3.8) is 0 Å². The van der Waals surface area contributed by atoms with Crippen LogP contribution in [-0.4, -0.2) is 35.5 Å². The van der Waals surface area contributed by atoms with Gasteiger partial charge in [-0.1, -0.05) is 43.2 Å². The molecule has 0 unspecified atom stereocenters. The van der Waals surface area contributed by atoms with Gasteiger partial charge in [-0.2, -0.15) is 0 Å². The van der Waals surface area contributed by atoms with Crippen LogP contribution in [0.1, 0.15) is 31.2 Å². The number of amides is 1. The number of benzene rings is 1. The second-order valence-corrected chi connectivity index (χ2v) is 5.21. The van der Waals surface area contributed by atoms with Crippen LogP contribution in [0, 0.1) is 0 Å². The second-order valence-electron chi connectivity index (χ2n) is 5.21. The van der Waals surface area contributed by atoms with Gasteiger partial charge >= 0.3 is 5.97 Å². The second kappa shape index (κ2) is 5.43.